The number of nitrogens with zero attached hydrogens (tertiary/aromatic N) is 3. The largest absolute Gasteiger partial charge is 0.490 e. The van der Waals surface area contributed by atoms with Gasteiger partial charge in [0.05, 0.1) is 0 Å². The number of hydrogen-bond acceptors (Lipinski definition) is 7. The maximum atomic E-state index is 10.6. The monoisotopic (exact) mass is 643 g/mol. The molecule has 3 N–H and O–H groups in total. The summed E-state index contributed by atoms with van der Waals surface area (Å²) in [5.74, 6) is -5.63. The van der Waals surface area contributed by atoms with E-state index in [4.69, 9.17) is 34.4 Å². The molecule has 2 unspecified atom stereocenters. The van der Waals surface area contributed by atoms with E-state index in [-0.39, 0.29) is 0 Å². The molecule has 0 bridgehead atoms. The van der Waals surface area contributed by atoms with Crippen LogP contribution in [0.1, 0.15) is 18.4 Å². The van der Waals surface area contributed by atoms with Crippen molar-refractivity contribution in [3.8, 4) is 0 Å². The number of fused-ring (bicyclic) bond motifs is 1. The van der Waals surface area contributed by atoms with Crippen molar-refractivity contribution in [2.24, 2.45) is 17.8 Å². The summed E-state index contributed by atoms with van der Waals surface area (Å²) in [7, 11) is 0. The van der Waals surface area contributed by atoms with Crippen LogP contribution in [0.2, 0.25) is 0 Å². The fourth-order valence-electron chi connectivity index (χ4n) is 4.51. The summed E-state index contributed by atoms with van der Waals surface area (Å²) >= 11 is 0. The Hall–Kier alpha value is -3.19. The third-order valence-corrected chi connectivity index (χ3v) is 6.35. The number of halogens is 9. The van der Waals surface area contributed by atoms with E-state index in [9.17, 15) is 39.5 Å². The maximum Gasteiger partial charge on any atom is 0.490 e. The van der Waals surface area contributed by atoms with Gasteiger partial charge in [-0.05, 0) is 42.2 Å². The van der Waals surface area contributed by atoms with Crippen LogP contribution in [0.25, 0.3) is 0 Å². The van der Waals surface area contributed by atoms with Crippen molar-refractivity contribution in [1.29, 1.82) is 0 Å². The fourth-order valence-corrected chi connectivity index (χ4v) is 4.51. The molecule has 3 saturated heterocycles. The van der Waals surface area contributed by atoms with E-state index in [0.717, 1.165) is 37.5 Å². The van der Waals surface area contributed by atoms with Crippen molar-refractivity contribution < 1.29 is 74.0 Å². The smallest absolute Gasteiger partial charge is 0.475 e. The zero-order valence-corrected chi connectivity index (χ0v) is 22.3. The Morgan fingerprint density at radius 2 is 1.16 bits per heavy atom. The van der Waals surface area contributed by atoms with Crippen molar-refractivity contribution >= 4 is 17.9 Å². The second kappa shape index (κ2) is 16.6. The van der Waals surface area contributed by atoms with E-state index in [2.05, 4.69) is 20.9 Å². The van der Waals surface area contributed by atoms with Gasteiger partial charge in [0.25, 0.3) is 0 Å². The molecule has 4 heterocycles. The average molecular weight is 643 g/mol. The molecule has 0 saturated carbocycles. The quantitative estimate of drug-likeness (QED) is 0.416. The third-order valence-electron chi connectivity index (χ3n) is 6.35. The number of likely N-dealkylation sites (tertiary alicyclic amines) is 2. The van der Waals surface area contributed by atoms with Gasteiger partial charge in [0, 0.05) is 64.9 Å². The summed E-state index contributed by atoms with van der Waals surface area (Å²) in [4.78, 5) is 36.3. The summed E-state index contributed by atoms with van der Waals surface area (Å²) in [5.41, 5.74) is 1.35. The summed E-state index contributed by atoms with van der Waals surface area (Å²) in [6, 6.07) is 4.24. The van der Waals surface area contributed by atoms with Crippen LogP contribution in [0.15, 0.2) is 24.5 Å². The lowest BCUT2D eigenvalue weighted by Crippen LogP contribution is -2.34. The van der Waals surface area contributed by atoms with Crippen molar-refractivity contribution in [1.82, 2.24) is 14.8 Å². The maximum absolute atomic E-state index is 10.6. The van der Waals surface area contributed by atoms with Gasteiger partial charge in [0.15, 0.2) is 0 Å². The second-order valence-electron chi connectivity index (χ2n) is 9.76. The van der Waals surface area contributed by atoms with Crippen LogP contribution in [-0.4, -0.2) is 112 Å². The number of pyridine rings is 1. The number of hydrogen-bond donors (Lipinski definition) is 3. The van der Waals surface area contributed by atoms with Crippen molar-refractivity contribution in [3.05, 3.63) is 30.1 Å². The van der Waals surface area contributed by atoms with Crippen molar-refractivity contribution in [2.75, 3.05) is 45.9 Å². The molecule has 1 aromatic heterocycles. The van der Waals surface area contributed by atoms with Gasteiger partial charge in [-0.15, -0.1) is 0 Å². The molecule has 4 rings (SSSR count). The number of carboxylic acids is 3. The highest BCUT2D eigenvalue weighted by atomic mass is 19.4. The predicted molar refractivity (Wildman–Crippen MR) is 128 cm³/mol. The molecule has 43 heavy (non-hydrogen) atoms. The average Bonchev–Trinajstić information content (AvgIpc) is 3.42. The zero-order valence-electron chi connectivity index (χ0n) is 22.3. The van der Waals surface area contributed by atoms with Crippen molar-refractivity contribution in [3.63, 3.8) is 0 Å². The Kier molecular flexibility index (Phi) is 14.6. The molecule has 3 aliphatic heterocycles. The van der Waals surface area contributed by atoms with E-state index in [1.165, 1.54) is 51.1 Å². The standard InChI is InChI=1S/C18H27N3O.3C2HF3O2/c1-2-16(8-19-5-1)10-21-13-17-11-20(12-18(17)14-21)9-15-3-6-22-7-4-15;3*3-2(4,5)1(6)7/h1-2,5,8,15,17-18H,3-4,6-7,9-14H2;3*(H,6,7). The van der Waals surface area contributed by atoms with Gasteiger partial charge in [-0.1, -0.05) is 6.07 Å². The summed E-state index contributed by atoms with van der Waals surface area (Å²) < 4.78 is 101. The number of carbonyl (C=O) groups is 3. The van der Waals surface area contributed by atoms with E-state index < -0.39 is 36.4 Å². The number of alkyl halides is 9. The third kappa shape index (κ3) is 15.2. The Bertz CT molecular complexity index is 947. The van der Waals surface area contributed by atoms with Crippen LogP contribution in [0.5, 0.6) is 0 Å². The number of rotatable bonds is 4. The van der Waals surface area contributed by atoms with Crippen LogP contribution in [0.3, 0.4) is 0 Å². The number of aliphatic carboxylic acids is 3. The molecule has 3 aliphatic rings. The molecular formula is C24H30F9N3O7. The molecule has 1 aromatic rings. The number of ether oxygens (including phenoxy) is 1. The highest BCUT2D eigenvalue weighted by Gasteiger charge is 2.41. The Balaban J connectivity index is 0.000000363. The second-order valence-corrected chi connectivity index (χ2v) is 9.76. The molecule has 3 fully saturated rings. The van der Waals surface area contributed by atoms with Gasteiger partial charge >= 0.3 is 36.4 Å². The minimum absolute atomic E-state index is 0.874. The molecule has 0 amide bonds. The van der Waals surface area contributed by atoms with Crippen molar-refractivity contribution in [2.45, 2.75) is 37.9 Å². The van der Waals surface area contributed by atoms with E-state index in [1.807, 2.05) is 18.5 Å². The first-order chi connectivity index (χ1) is 19.7. The fraction of sp³-hybridized carbons (Fsp3) is 0.667. The first kappa shape index (κ1) is 37.8. The van der Waals surface area contributed by atoms with Crippen LogP contribution in [0.4, 0.5) is 39.5 Å². The number of carboxylic acid groups (broad SMARTS) is 3. The first-order valence-corrected chi connectivity index (χ1v) is 12.5. The lowest BCUT2D eigenvalue weighted by molar-refractivity contribution is -0.193. The van der Waals surface area contributed by atoms with Gasteiger partial charge in [-0.3, -0.25) is 9.88 Å². The minimum Gasteiger partial charge on any atom is -0.475 e. The van der Waals surface area contributed by atoms with Crippen LogP contribution < -0.4 is 0 Å². The predicted octanol–water partition coefficient (Wildman–Crippen LogP) is 3.77. The van der Waals surface area contributed by atoms with Gasteiger partial charge in [0.1, 0.15) is 0 Å². The summed E-state index contributed by atoms with van der Waals surface area (Å²) in [6.45, 7) is 9.49. The first-order valence-electron chi connectivity index (χ1n) is 12.5. The molecule has 0 radical (unpaired) electrons. The molecule has 10 nitrogen and oxygen atoms in total. The summed E-state index contributed by atoms with van der Waals surface area (Å²) in [5, 5.41) is 21.4. The zero-order chi connectivity index (χ0) is 33.0. The summed E-state index contributed by atoms with van der Waals surface area (Å²) in [6.07, 6.45) is -8.86. The molecular weight excluding hydrogens is 613 g/mol. The highest BCUT2D eigenvalue weighted by Crippen LogP contribution is 2.33. The highest BCUT2D eigenvalue weighted by molar-refractivity contribution is 5.73. The van der Waals surface area contributed by atoms with Crippen LogP contribution >= 0.6 is 0 Å². The Morgan fingerprint density at radius 3 is 1.51 bits per heavy atom. The molecule has 0 aliphatic carbocycles. The topological polar surface area (TPSA) is 140 Å². The molecule has 19 heteroatoms. The lowest BCUT2D eigenvalue weighted by Gasteiger charge is -2.28. The SMILES string of the molecule is O=C(O)C(F)(F)F.O=C(O)C(F)(F)F.O=C(O)C(F)(F)F.c1cncc(CN2CC3CN(CC4CCOCC4)CC3C2)c1. The molecule has 246 valence electrons. The minimum atomic E-state index is -5.08. The molecule has 0 spiro atoms. The van der Waals surface area contributed by atoms with Gasteiger partial charge in [0.2, 0.25) is 0 Å². The molecule has 2 atom stereocenters. The Labute approximate surface area is 239 Å². The van der Waals surface area contributed by atoms with E-state index >= 15 is 0 Å². The van der Waals surface area contributed by atoms with Gasteiger partial charge in [-0.2, -0.15) is 39.5 Å². The number of aromatic nitrogens is 1. The lowest BCUT2D eigenvalue weighted by atomic mass is 10.00. The van der Waals surface area contributed by atoms with Gasteiger partial charge in [-0.25, -0.2) is 14.4 Å². The van der Waals surface area contributed by atoms with Crippen LogP contribution in [-0.2, 0) is 25.7 Å². The van der Waals surface area contributed by atoms with E-state index in [0.29, 0.717) is 0 Å². The van der Waals surface area contributed by atoms with Gasteiger partial charge < -0.3 is 25.0 Å². The van der Waals surface area contributed by atoms with E-state index in [1.54, 1.807) is 0 Å². The molecule has 0 aromatic carbocycles. The van der Waals surface area contributed by atoms with Crippen LogP contribution in [0, 0.1) is 17.8 Å². The normalized spacial score (nSPS) is 21.2. The Morgan fingerprint density at radius 1 is 0.767 bits per heavy atom.